The van der Waals surface area contributed by atoms with Gasteiger partial charge in [-0.25, -0.2) is 0 Å². The molecule has 0 radical (unpaired) electrons. The van der Waals surface area contributed by atoms with Crippen LogP contribution in [0.1, 0.15) is 11.1 Å². The van der Waals surface area contributed by atoms with Crippen molar-refractivity contribution in [1.29, 1.82) is 0 Å². The topological polar surface area (TPSA) is 9.23 Å². The minimum absolute atomic E-state index is 0.726. The Labute approximate surface area is 119 Å². The van der Waals surface area contributed by atoms with Gasteiger partial charge in [0.05, 0.1) is 19.8 Å². The summed E-state index contributed by atoms with van der Waals surface area (Å²) in [5.41, 5.74) is 4.45. The van der Waals surface area contributed by atoms with Crippen molar-refractivity contribution in [2.45, 2.75) is 6.42 Å². The number of ether oxygens (including phenoxy) is 1. The van der Waals surface area contributed by atoms with Gasteiger partial charge in [-0.3, -0.25) is 0 Å². The highest BCUT2D eigenvalue weighted by molar-refractivity contribution is 6.30. The van der Waals surface area contributed by atoms with Crippen molar-refractivity contribution in [2.24, 2.45) is 5.92 Å². The molecule has 4 rings (SSSR count). The van der Waals surface area contributed by atoms with Gasteiger partial charge in [0.25, 0.3) is 0 Å². The largest absolute Gasteiger partial charge is 0.370 e. The van der Waals surface area contributed by atoms with Gasteiger partial charge in [0.1, 0.15) is 19.6 Å². The number of hydrogen-bond donors (Lipinski definition) is 0. The molecule has 1 aromatic carbocycles. The number of benzene rings is 1. The molecule has 2 nitrogen and oxygen atoms in total. The van der Waals surface area contributed by atoms with Crippen molar-refractivity contribution in [1.82, 2.24) is 0 Å². The summed E-state index contributed by atoms with van der Waals surface area (Å²) in [6.07, 6.45) is 3.59. The second kappa shape index (κ2) is 4.34. The van der Waals surface area contributed by atoms with E-state index in [2.05, 4.69) is 18.2 Å². The third-order valence-electron chi connectivity index (χ3n) is 4.98. The molecule has 19 heavy (non-hydrogen) atoms. The highest BCUT2D eigenvalue weighted by atomic mass is 35.5. The van der Waals surface area contributed by atoms with Gasteiger partial charge in [0.2, 0.25) is 0 Å². The molecule has 0 N–H and O–H groups in total. The molecule has 0 unspecified atom stereocenters. The summed E-state index contributed by atoms with van der Waals surface area (Å²) in [5, 5.41) is 0.865. The molecule has 2 saturated heterocycles. The number of nitrogens with zero attached hydrogens (tertiary/aromatic N) is 1. The van der Waals surface area contributed by atoms with E-state index in [4.69, 9.17) is 16.3 Å². The molecule has 1 aliphatic carbocycles. The lowest BCUT2D eigenvalue weighted by molar-refractivity contribution is -0.923. The van der Waals surface area contributed by atoms with E-state index in [0.717, 1.165) is 24.2 Å². The lowest BCUT2D eigenvalue weighted by Crippen LogP contribution is -2.53. The van der Waals surface area contributed by atoms with Crippen molar-refractivity contribution in [3.05, 3.63) is 39.9 Å². The Morgan fingerprint density at radius 2 is 2.05 bits per heavy atom. The predicted molar refractivity (Wildman–Crippen MR) is 77.2 cm³/mol. The Kier molecular flexibility index (Phi) is 2.73. The van der Waals surface area contributed by atoms with Crippen LogP contribution in [0.25, 0.3) is 6.08 Å². The Morgan fingerprint density at radius 3 is 2.89 bits per heavy atom. The summed E-state index contributed by atoms with van der Waals surface area (Å²) < 4.78 is 6.78. The van der Waals surface area contributed by atoms with Crippen LogP contribution in [0.4, 0.5) is 0 Å². The molecular formula is C16H19ClNO+. The second-order valence-corrected chi connectivity index (χ2v) is 6.64. The molecule has 2 heterocycles. The zero-order valence-electron chi connectivity index (χ0n) is 11.1. The van der Waals surface area contributed by atoms with Crippen LogP contribution in [0.3, 0.4) is 0 Å². The molecule has 3 aliphatic rings. The molecule has 0 amide bonds. The first-order valence-electron chi connectivity index (χ1n) is 7.16. The summed E-state index contributed by atoms with van der Waals surface area (Å²) in [6.45, 7) is 6.75. The maximum absolute atomic E-state index is 6.12. The maximum Gasteiger partial charge on any atom is 0.103 e. The molecule has 2 fully saturated rings. The van der Waals surface area contributed by atoms with Crippen molar-refractivity contribution in [3.8, 4) is 0 Å². The van der Waals surface area contributed by atoms with Crippen LogP contribution in [0.15, 0.2) is 23.8 Å². The van der Waals surface area contributed by atoms with Crippen LogP contribution in [-0.2, 0) is 11.2 Å². The molecule has 100 valence electrons. The Balaban J connectivity index is 1.65. The lowest BCUT2D eigenvalue weighted by atomic mass is 9.85. The number of quaternary nitrogens is 1. The van der Waals surface area contributed by atoms with Gasteiger partial charge in [-0.1, -0.05) is 17.7 Å². The number of morpholine rings is 1. The van der Waals surface area contributed by atoms with E-state index in [1.807, 2.05) is 6.07 Å². The van der Waals surface area contributed by atoms with E-state index in [9.17, 15) is 0 Å². The van der Waals surface area contributed by atoms with Crippen LogP contribution in [-0.4, -0.2) is 43.9 Å². The molecule has 1 spiro atoms. The third kappa shape index (κ3) is 2.03. The van der Waals surface area contributed by atoms with E-state index in [1.54, 1.807) is 5.57 Å². The molecular weight excluding hydrogens is 258 g/mol. The number of rotatable bonds is 0. The summed E-state index contributed by atoms with van der Waals surface area (Å²) >= 11 is 6.12. The van der Waals surface area contributed by atoms with Crippen molar-refractivity contribution < 1.29 is 9.22 Å². The van der Waals surface area contributed by atoms with E-state index >= 15 is 0 Å². The van der Waals surface area contributed by atoms with Gasteiger partial charge in [0, 0.05) is 10.9 Å². The third-order valence-corrected chi connectivity index (χ3v) is 5.22. The Bertz CT molecular complexity index is 546. The normalized spacial score (nSPS) is 27.8. The average Bonchev–Trinajstić information content (AvgIpc) is 2.73. The van der Waals surface area contributed by atoms with Crippen LogP contribution >= 0.6 is 11.6 Å². The van der Waals surface area contributed by atoms with Crippen LogP contribution in [0.5, 0.6) is 0 Å². The van der Waals surface area contributed by atoms with Gasteiger partial charge in [-0.2, -0.15) is 0 Å². The van der Waals surface area contributed by atoms with Gasteiger partial charge in [-0.05, 0) is 41.3 Å². The smallest absolute Gasteiger partial charge is 0.103 e. The van der Waals surface area contributed by atoms with Crippen molar-refractivity contribution >= 4 is 17.7 Å². The minimum atomic E-state index is 0.726. The monoisotopic (exact) mass is 276 g/mol. The zero-order chi connectivity index (χ0) is 12.9. The highest BCUT2D eigenvalue weighted by Crippen LogP contribution is 2.38. The summed E-state index contributed by atoms with van der Waals surface area (Å²) in [7, 11) is 0. The van der Waals surface area contributed by atoms with Gasteiger partial charge < -0.3 is 9.22 Å². The van der Waals surface area contributed by atoms with E-state index < -0.39 is 0 Å². The van der Waals surface area contributed by atoms with Crippen LogP contribution < -0.4 is 0 Å². The maximum atomic E-state index is 6.12. The molecule has 0 aromatic heterocycles. The molecule has 1 atom stereocenters. The summed E-state index contributed by atoms with van der Waals surface area (Å²) in [4.78, 5) is 0. The SMILES string of the molecule is Clc1ccc2c(c1)C[C@H]1C[N+]3(CCOCC3)CC1=C2. The molecule has 2 aliphatic heterocycles. The fourth-order valence-electron chi connectivity index (χ4n) is 3.95. The Hall–Kier alpha value is -0.830. The van der Waals surface area contributed by atoms with Gasteiger partial charge in [-0.15, -0.1) is 0 Å². The standard InChI is InChI=1S/C16H19ClNO/c17-16-2-1-12-7-14-10-18(3-5-19-6-4-18)11-15(14)8-13(12)9-16/h1-2,7,9,15H,3-6,8,10-11H2/q+1/t15-/m0/s1. The average molecular weight is 277 g/mol. The van der Waals surface area contributed by atoms with Gasteiger partial charge >= 0.3 is 0 Å². The fourth-order valence-corrected chi connectivity index (χ4v) is 4.15. The molecule has 0 saturated carbocycles. The molecule has 0 bridgehead atoms. The number of fused-ring (bicyclic) bond motifs is 2. The van der Waals surface area contributed by atoms with E-state index in [-0.39, 0.29) is 0 Å². The van der Waals surface area contributed by atoms with Crippen LogP contribution in [0.2, 0.25) is 5.02 Å². The zero-order valence-corrected chi connectivity index (χ0v) is 11.8. The van der Waals surface area contributed by atoms with Crippen LogP contribution in [0, 0.1) is 5.92 Å². The first-order valence-corrected chi connectivity index (χ1v) is 7.54. The fraction of sp³-hybridized carbons (Fsp3) is 0.500. The number of hydrogen-bond acceptors (Lipinski definition) is 1. The van der Waals surface area contributed by atoms with Crippen molar-refractivity contribution in [3.63, 3.8) is 0 Å². The summed E-state index contributed by atoms with van der Waals surface area (Å²) in [6, 6.07) is 6.32. The van der Waals surface area contributed by atoms with Gasteiger partial charge in [0.15, 0.2) is 0 Å². The summed E-state index contributed by atoms with van der Waals surface area (Å²) in [5.74, 6) is 0.726. The predicted octanol–water partition coefficient (Wildman–Crippen LogP) is 2.76. The van der Waals surface area contributed by atoms with E-state index in [0.29, 0.717) is 0 Å². The second-order valence-electron chi connectivity index (χ2n) is 6.21. The highest BCUT2D eigenvalue weighted by Gasteiger charge is 2.43. The molecule has 1 aromatic rings. The number of halogens is 1. The quantitative estimate of drug-likeness (QED) is 0.662. The van der Waals surface area contributed by atoms with E-state index in [1.165, 1.54) is 48.2 Å². The molecule has 3 heteroatoms. The first-order chi connectivity index (χ1) is 9.24. The lowest BCUT2D eigenvalue weighted by Gasteiger charge is -2.37. The Morgan fingerprint density at radius 1 is 1.21 bits per heavy atom. The minimum Gasteiger partial charge on any atom is -0.370 e. The first kappa shape index (κ1) is 12.0. The van der Waals surface area contributed by atoms with Crippen molar-refractivity contribution in [2.75, 3.05) is 39.4 Å².